The van der Waals surface area contributed by atoms with Gasteiger partial charge in [0.25, 0.3) is 0 Å². The van der Waals surface area contributed by atoms with Crippen LogP contribution < -0.4 is 10.6 Å². The summed E-state index contributed by atoms with van der Waals surface area (Å²) < 4.78 is 39.6. The zero-order valence-corrected chi connectivity index (χ0v) is 13.6. The Bertz CT molecular complexity index is 347. The number of rotatable bonds is 2. The average molecular weight is 306 g/mol. The molecule has 0 radical (unpaired) electrons. The number of hydrogen-bond donors (Lipinski definition) is 2. The third kappa shape index (κ3) is 4.59. The molecule has 1 saturated heterocycles. The van der Waals surface area contributed by atoms with Gasteiger partial charge in [0.2, 0.25) is 0 Å². The number of alkyl halides is 3. The van der Waals surface area contributed by atoms with Gasteiger partial charge in [-0.15, -0.1) is 0 Å². The minimum absolute atomic E-state index is 0.0399. The number of piperidine rings is 1. The summed E-state index contributed by atoms with van der Waals surface area (Å²) in [4.78, 5) is 0. The summed E-state index contributed by atoms with van der Waals surface area (Å²) in [6.45, 7) is 8.52. The van der Waals surface area contributed by atoms with Crippen molar-refractivity contribution in [2.75, 3.05) is 0 Å². The van der Waals surface area contributed by atoms with E-state index >= 15 is 0 Å². The molecule has 2 fully saturated rings. The smallest absolute Gasteiger partial charge is 0.310 e. The van der Waals surface area contributed by atoms with Crippen LogP contribution in [0.2, 0.25) is 0 Å². The first-order chi connectivity index (χ1) is 9.49. The molecule has 2 aliphatic rings. The molecule has 2 atom stereocenters. The Morgan fingerprint density at radius 1 is 0.952 bits per heavy atom. The first-order valence-electron chi connectivity index (χ1n) is 8.11. The molecule has 0 aromatic carbocycles. The van der Waals surface area contributed by atoms with E-state index in [9.17, 15) is 13.2 Å². The summed E-state index contributed by atoms with van der Waals surface area (Å²) >= 11 is 0. The Hall–Kier alpha value is -0.290. The predicted octanol–water partition coefficient (Wildman–Crippen LogP) is 4.01. The Morgan fingerprint density at radius 2 is 1.48 bits per heavy atom. The summed E-state index contributed by atoms with van der Waals surface area (Å²) in [6.07, 6.45) is 0.201. The van der Waals surface area contributed by atoms with E-state index in [1.54, 1.807) is 0 Å². The molecule has 1 aliphatic heterocycles. The lowest BCUT2D eigenvalue weighted by molar-refractivity contribution is -0.189. The zero-order valence-electron chi connectivity index (χ0n) is 13.6. The van der Waals surface area contributed by atoms with Crippen LogP contribution in [0.5, 0.6) is 0 Å². The van der Waals surface area contributed by atoms with E-state index in [1.165, 1.54) is 0 Å². The highest BCUT2D eigenvalue weighted by molar-refractivity contribution is 5.01. The second-order valence-electron chi connectivity index (χ2n) is 8.20. The van der Waals surface area contributed by atoms with Gasteiger partial charge in [0, 0.05) is 23.2 Å². The van der Waals surface area contributed by atoms with E-state index in [2.05, 4.69) is 38.3 Å². The lowest BCUT2D eigenvalue weighted by atomic mass is 9.77. The van der Waals surface area contributed by atoms with Crippen molar-refractivity contribution < 1.29 is 13.2 Å². The summed E-state index contributed by atoms with van der Waals surface area (Å²) in [7, 11) is 0. The van der Waals surface area contributed by atoms with E-state index in [0.29, 0.717) is 12.8 Å². The molecule has 0 aromatic rings. The number of nitrogens with one attached hydrogen (secondary N) is 2. The molecule has 1 aliphatic carbocycles. The molecular weight excluding hydrogens is 277 g/mol. The van der Waals surface area contributed by atoms with Crippen molar-refractivity contribution in [3.63, 3.8) is 0 Å². The summed E-state index contributed by atoms with van der Waals surface area (Å²) in [6, 6.07) is -0.252. The summed E-state index contributed by atoms with van der Waals surface area (Å²) in [5, 5.41) is 6.94. The predicted molar refractivity (Wildman–Crippen MR) is 79.3 cm³/mol. The molecule has 5 heteroatoms. The van der Waals surface area contributed by atoms with Gasteiger partial charge >= 0.3 is 6.18 Å². The molecule has 0 bridgehead atoms. The standard InChI is InChI=1S/C16H29F3N2/c1-14(2)9-11(10-15(3,4)21-14)20-13-8-6-5-7-12(13)16(17,18)19/h11-13,20-21H,5-10H2,1-4H3. The van der Waals surface area contributed by atoms with Crippen molar-refractivity contribution in [3.05, 3.63) is 0 Å². The van der Waals surface area contributed by atoms with Crippen LogP contribution in [0.1, 0.15) is 66.2 Å². The van der Waals surface area contributed by atoms with Gasteiger partial charge in [-0.1, -0.05) is 12.8 Å². The Balaban J connectivity index is 2.05. The Labute approximate surface area is 126 Å². The Kier molecular flexibility index (Phi) is 4.66. The highest BCUT2D eigenvalue weighted by atomic mass is 19.4. The number of hydrogen-bond acceptors (Lipinski definition) is 2. The molecule has 0 aromatic heterocycles. The third-order valence-electron chi connectivity index (χ3n) is 4.83. The van der Waals surface area contributed by atoms with Crippen LogP contribution in [0.4, 0.5) is 13.2 Å². The van der Waals surface area contributed by atoms with Gasteiger partial charge in [0.15, 0.2) is 0 Å². The molecule has 0 spiro atoms. The quantitative estimate of drug-likeness (QED) is 0.805. The molecule has 2 rings (SSSR count). The summed E-state index contributed by atoms with van der Waals surface area (Å²) in [5.41, 5.74) is -0.0797. The molecule has 2 unspecified atom stereocenters. The SMILES string of the molecule is CC1(C)CC(NC2CCCCC2C(F)(F)F)CC(C)(C)N1. The largest absolute Gasteiger partial charge is 0.393 e. The van der Waals surface area contributed by atoms with Crippen molar-refractivity contribution in [2.24, 2.45) is 5.92 Å². The maximum absolute atomic E-state index is 13.2. The van der Waals surface area contributed by atoms with E-state index in [0.717, 1.165) is 19.3 Å². The third-order valence-corrected chi connectivity index (χ3v) is 4.83. The van der Waals surface area contributed by atoms with Gasteiger partial charge < -0.3 is 10.6 Å². The molecular formula is C16H29F3N2. The summed E-state index contributed by atoms with van der Waals surface area (Å²) in [5.74, 6) is -1.17. The maximum atomic E-state index is 13.2. The highest BCUT2D eigenvalue weighted by Gasteiger charge is 2.47. The molecule has 21 heavy (non-hydrogen) atoms. The van der Waals surface area contributed by atoms with Crippen LogP contribution in [0.15, 0.2) is 0 Å². The van der Waals surface area contributed by atoms with Crippen molar-refractivity contribution in [3.8, 4) is 0 Å². The van der Waals surface area contributed by atoms with Gasteiger partial charge in [-0.05, 0) is 53.4 Å². The first-order valence-corrected chi connectivity index (χ1v) is 8.11. The van der Waals surface area contributed by atoms with Crippen LogP contribution in [0.25, 0.3) is 0 Å². The van der Waals surface area contributed by atoms with Crippen molar-refractivity contribution in [2.45, 2.75) is 95.6 Å². The minimum atomic E-state index is -4.07. The van der Waals surface area contributed by atoms with Crippen molar-refractivity contribution in [1.82, 2.24) is 10.6 Å². The lowest BCUT2D eigenvalue weighted by Crippen LogP contribution is -2.63. The minimum Gasteiger partial charge on any atom is -0.310 e. The lowest BCUT2D eigenvalue weighted by Gasteiger charge is -2.48. The molecule has 1 heterocycles. The van der Waals surface area contributed by atoms with E-state index in [1.807, 2.05) is 0 Å². The van der Waals surface area contributed by atoms with E-state index in [-0.39, 0.29) is 23.5 Å². The van der Waals surface area contributed by atoms with Crippen LogP contribution in [0.3, 0.4) is 0 Å². The monoisotopic (exact) mass is 306 g/mol. The first kappa shape index (κ1) is 17.1. The zero-order chi connectivity index (χ0) is 15.9. The van der Waals surface area contributed by atoms with Gasteiger partial charge in [-0.3, -0.25) is 0 Å². The fraction of sp³-hybridized carbons (Fsp3) is 1.00. The van der Waals surface area contributed by atoms with Gasteiger partial charge in [0.05, 0.1) is 5.92 Å². The topological polar surface area (TPSA) is 24.1 Å². The van der Waals surface area contributed by atoms with Gasteiger partial charge in [-0.2, -0.15) is 13.2 Å². The maximum Gasteiger partial charge on any atom is 0.393 e. The molecule has 2 nitrogen and oxygen atoms in total. The van der Waals surface area contributed by atoms with E-state index < -0.39 is 18.1 Å². The van der Waals surface area contributed by atoms with Gasteiger partial charge in [0.1, 0.15) is 0 Å². The Morgan fingerprint density at radius 3 is 2.00 bits per heavy atom. The molecule has 124 valence electrons. The number of halogens is 3. The normalized spacial score (nSPS) is 33.9. The molecule has 0 amide bonds. The second kappa shape index (κ2) is 5.73. The fourth-order valence-electron chi connectivity index (χ4n) is 4.47. The van der Waals surface area contributed by atoms with Crippen molar-refractivity contribution >= 4 is 0 Å². The molecule has 2 N–H and O–H groups in total. The fourth-order valence-corrected chi connectivity index (χ4v) is 4.47. The average Bonchev–Trinajstić information content (AvgIpc) is 2.23. The highest BCUT2D eigenvalue weighted by Crippen LogP contribution is 2.39. The molecule has 1 saturated carbocycles. The van der Waals surface area contributed by atoms with Crippen molar-refractivity contribution in [1.29, 1.82) is 0 Å². The van der Waals surface area contributed by atoms with Crippen LogP contribution in [-0.2, 0) is 0 Å². The second-order valence-corrected chi connectivity index (χ2v) is 8.20. The van der Waals surface area contributed by atoms with Crippen LogP contribution >= 0.6 is 0 Å². The van der Waals surface area contributed by atoms with Crippen LogP contribution in [-0.4, -0.2) is 29.3 Å². The van der Waals surface area contributed by atoms with Crippen LogP contribution in [0, 0.1) is 5.92 Å². The van der Waals surface area contributed by atoms with E-state index in [4.69, 9.17) is 0 Å². The van der Waals surface area contributed by atoms with Gasteiger partial charge in [-0.25, -0.2) is 0 Å².